The van der Waals surface area contributed by atoms with Gasteiger partial charge in [0, 0.05) is 52.0 Å². The second-order valence-corrected chi connectivity index (χ2v) is 9.87. The monoisotopic (exact) mass is 489 g/mol. The number of rotatable bonds is 8. The number of phenolic OH excluding ortho intramolecular Hbond substituents is 1. The number of nitrogens with one attached hydrogen (secondary N) is 1. The maximum Gasteiger partial charge on any atom is 0.292 e. The number of aromatic nitrogens is 2. The van der Waals surface area contributed by atoms with Gasteiger partial charge in [-0.1, -0.05) is 18.7 Å². The van der Waals surface area contributed by atoms with Crippen LogP contribution in [0, 0.1) is 0 Å². The molecule has 0 atom stereocenters. The number of phenols is 1. The molecule has 2 N–H and O–H groups in total. The summed E-state index contributed by atoms with van der Waals surface area (Å²) in [6.07, 6.45) is 2.44. The van der Waals surface area contributed by atoms with Crippen LogP contribution in [0.25, 0.3) is 5.70 Å². The highest BCUT2D eigenvalue weighted by Crippen LogP contribution is 2.19. The van der Waals surface area contributed by atoms with Crippen molar-refractivity contribution in [1.29, 1.82) is 0 Å². The number of anilines is 1. The summed E-state index contributed by atoms with van der Waals surface area (Å²) in [4.78, 5) is 14.9. The van der Waals surface area contributed by atoms with E-state index in [9.17, 15) is 13.5 Å². The summed E-state index contributed by atoms with van der Waals surface area (Å²) in [6, 6.07) is 8.79. The number of methoxy groups -OCH3 is 1. The van der Waals surface area contributed by atoms with Crippen molar-refractivity contribution in [2.45, 2.75) is 13.0 Å². The van der Waals surface area contributed by atoms with Crippen molar-refractivity contribution in [2.24, 2.45) is 4.99 Å². The number of amidine groups is 1. The molecule has 3 rings (SSSR count). The van der Waals surface area contributed by atoms with Gasteiger partial charge in [0.2, 0.25) is 5.95 Å². The van der Waals surface area contributed by atoms with Crippen LogP contribution in [0.4, 0.5) is 5.95 Å². The van der Waals surface area contributed by atoms with Crippen LogP contribution in [0.3, 0.4) is 0 Å². The van der Waals surface area contributed by atoms with Crippen molar-refractivity contribution in [3.63, 3.8) is 0 Å². The third kappa shape index (κ3) is 6.43. The predicted octanol–water partition coefficient (Wildman–Crippen LogP) is 1.58. The highest BCUT2D eigenvalue weighted by atomic mass is 32.2. The Balaban J connectivity index is 1.59. The van der Waals surface area contributed by atoms with E-state index in [0.29, 0.717) is 56.0 Å². The Morgan fingerprint density at radius 3 is 2.88 bits per heavy atom. The fourth-order valence-electron chi connectivity index (χ4n) is 3.45. The molecule has 0 radical (unpaired) electrons. The fraction of sp³-hybridized carbons (Fsp3) is 0.409. The third-order valence-corrected chi connectivity index (χ3v) is 7.26. The van der Waals surface area contributed by atoms with E-state index < -0.39 is 10.2 Å². The average molecular weight is 490 g/mol. The molecule has 11 nitrogen and oxygen atoms in total. The molecule has 0 unspecified atom stereocenters. The van der Waals surface area contributed by atoms with Gasteiger partial charge in [0.05, 0.1) is 25.0 Å². The van der Waals surface area contributed by atoms with Gasteiger partial charge in [-0.05, 0) is 24.6 Å². The van der Waals surface area contributed by atoms with Gasteiger partial charge in [0.25, 0.3) is 16.2 Å². The minimum absolute atomic E-state index is 0.132. The molecular formula is C22H31N7O4S. The molecule has 1 aliphatic heterocycles. The number of aromatic hydroxyl groups is 1. The zero-order valence-corrected chi connectivity index (χ0v) is 20.5. The first-order chi connectivity index (χ1) is 16.2. The molecular weight excluding hydrogens is 458 g/mol. The fourth-order valence-corrected chi connectivity index (χ4v) is 4.89. The minimum atomic E-state index is -3.39. The zero-order valence-electron chi connectivity index (χ0n) is 19.7. The van der Waals surface area contributed by atoms with E-state index in [-0.39, 0.29) is 5.75 Å². The lowest BCUT2D eigenvalue weighted by molar-refractivity contribution is 0.304. The van der Waals surface area contributed by atoms with Gasteiger partial charge in [-0.25, -0.2) is 9.97 Å². The maximum atomic E-state index is 12.4. The molecule has 2 heterocycles. The standard InChI is InChI=1S/C22H31N7O4S/c1-17(18-7-5-8-20(30)15-18)25-22(33-4)27(2)16-19-9-10-23-21(26-19)24-11-14-29-13-6-12-28(3)34(29,31)32/h5,7-10,15,30H,1,6,11-14,16H2,2-4H3,(H,23,24,26). The zero-order chi connectivity index (χ0) is 24.7. The lowest BCUT2D eigenvalue weighted by Crippen LogP contribution is -2.49. The minimum Gasteiger partial charge on any atom is -0.508 e. The van der Waals surface area contributed by atoms with Crippen molar-refractivity contribution >= 4 is 27.9 Å². The van der Waals surface area contributed by atoms with Gasteiger partial charge in [-0.2, -0.15) is 22.0 Å². The van der Waals surface area contributed by atoms with E-state index in [4.69, 9.17) is 4.74 Å². The molecule has 1 aromatic heterocycles. The quantitative estimate of drug-likeness (QED) is 0.423. The summed E-state index contributed by atoms with van der Waals surface area (Å²) in [5.74, 6) is 0.542. The van der Waals surface area contributed by atoms with Crippen molar-refractivity contribution < 1.29 is 18.3 Å². The van der Waals surface area contributed by atoms with Crippen molar-refractivity contribution in [1.82, 2.24) is 23.5 Å². The first-order valence-corrected chi connectivity index (χ1v) is 12.2. The number of benzene rings is 1. The van der Waals surface area contributed by atoms with Crippen LogP contribution < -0.4 is 5.32 Å². The Kier molecular flexibility index (Phi) is 8.42. The summed E-state index contributed by atoms with van der Waals surface area (Å²) in [5.41, 5.74) is 1.85. The highest BCUT2D eigenvalue weighted by Gasteiger charge is 2.30. The molecule has 184 valence electrons. The number of aliphatic imine (C=N–C) groups is 1. The van der Waals surface area contributed by atoms with Gasteiger partial charge in [0.1, 0.15) is 5.75 Å². The van der Waals surface area contributed by atoms with Crippen LogP contribution in [-0.2, 0) is 21.5 Å². The summed E-state index contributed by atoms with van der Waals surface area (Å²) in [5, 5.41) is 12.8. The van der Waals surface area contributed by atoms with Crippen LogP contribution >= 0.6 is 0 Å². The van der Waals surface area contributed by atoms with E-state index in [2.05, 4.69) is 26.9 Å². The Bertz CT molecular complexity index is 1140. The van der Waals surface area contributed by atoms with Crippen LogP contribution in [0.5, 0.6) is 5.75 Å². The van der Waals surface area contributed by atoms with Crippen molar-refractivity contribution in [3.05, 3.63) is 54.4 Å². The van der Waals surface area contributed by atoms with Gasteiger partial charge in [-0.3, -0.25) is 0 Å². The molecule has 2 aromatic rings. The van der Waals surface area contributed by atoms with Gasteiger partial charge in [-0.15, -0.1) is 0 Å². The van der Waals surface area contributed by atoms with Crippen LogP contribution in [0.1, 0.15) is 17.7 Å². The van der Waals surface area contributed by atoms with Gasteiger partial charge < -0.3 is 20.1 Å². The molecule has 1 saturated heterocycles. The molecule has 1 aliphatic rings. The number of ether oxygens (including phenoxy) is 1. The van der Waals surface area contributed by atoms with Gasteiger partial charge >= 0.3 is 0 Å². The van der Waals surface area contributed by atoms with E-state index in [1.54, 1.807) is 48.5 Å². The molecule has 1 fully saturated rings. The summed E-state index contributed by atoms with van der Waals surface area (Å²) in [6.45, 7) is 6.11. The molecule has 12 heteroatoms. The second kappa shape index (κ2) is 11.3. The van der Waals surface area contributed by atoms with E-state index in [1.165, 1.54) is 15.7 Å². The first-order valence-electron chi connectivity index (χ1n) is 10.8. The normalized spacial score (nSPS) is 16.7. The summed E-state index contributed by atoms with van der Waals surface area (Å²) >= 11 is 0. The third-order valence-electron chi connectivity index (χ3n) is 5.28. The molecule has 0 amide bonds. The number of hydrogen-bond donors (Lipinski definition) is 2. The lowest BCUT2D eigenvalue weighted by Gasteiger charge is -2.32. The molecule has 1 aromatic carbocycles. The van der Waals surface area contributed by atoms with Crippen molar-refractivity contribution in [2.75, 3.05) is 52.7 Å². The Morgan fingerprint density at radius 2 is 2.15 bits per heavy atom. The average Bonchev–Trinajstić information content (AvgIpc) is 2.80. The Morgan fingerprint density at radius 1 is 1.35 bits per heavy atom. The number of hydrogen-bond acceptors (Lipinski definition) is 8. The molecule has 34 heavy (non-hydrogen) atoms. The van der Waals surface area contributed by atoms with E-state index in [1.807, 2.05) is 7.05 Å². The smallest absolute Gasteiger partial charge is 0.292 e. The van der Waals surface area contributed by atoms with Crippen LogP contribution in [0.2, 0.25) is 0 Å². The van der Waals surface area contributed by atoms with Gasteiger partial charge in [0.15, 0.2) is 0 Å². The largest absolute Gasteiger partial charge is 0.508 e. The molecule has 0 spiro atoms. The highest BCUT2D eigenvalue weighted by molar-refractivity contribution is 7.86. The first kappa shape index (κ1) is 25.4. The van der Waals surface area contributed by atoms with Crippen molar-refractivity contribution in [3.8, 4) is 5.75 Å². The Labute approximate surface area is 200 Å². The lowest BCUT2D eigenvalue weighted by atomic mass is 10.2. The predicted molar refractivity (Wildman–Crippen MR) is 131 cm³/mol. The molecule has 0 aliphatic carbocycles. The Hall–Kier alpha value is -3.22. The molecule has 0 bridgehead atoms. The number of nitrogens with zero attached hydrogens (tertiary/aromatic N) is 6. The van der Waals surface area contributed by atoms with E-state index in [0.717, 1.165) is 12.1 Å². The summed E-state index contributed by atoms with van der Waals surface area (Å²) in [7, 11) is 1.53. The van der Waals surface area contributed by atoms with Crippen LogP contribution in [-0.4, -0.2) is 90.4 Å². The SMILES string of the molecule is C=C(N=C(OC)N(C)Cc1ccnc(NCCN2CCCN(C)S2(=O)=O)n1)c1cccc(O)c1. The molecule has 0 saturated carbocycles. The summed E-state index contributed by atoms with van der Waals surface area (Å²) < 4.78 is 33.0. The second-order valence-electron chi connectivity index (χ2n) is 7.83. The maximum absolute atomic E-state index is 12.4. The van der Waals surface area contributed by atoms with E-state index >= 15 is 0 Å². The topological polar surface area (TPSA) is 123 Å². The van der Waals surface area contributed by atoms with Crippen LogP contribution in [0.15, 0.2) is 48.1 Å².